The summed E-state index contributed by atoms with van der Waals surface area (Å²) in [6, 6.07) is 7.83. The quantitative estimate of drug-likeness (QED) is 0.816. The maximum absolute atomic E-state index is 11.9. The fourth-order valence-electron chi connectivity index (χ4n) is 2.29. The van der Waals surface area contributed by atoms with Crippen LogP contribution in [0.4, 0.5) is 5.69 Å². The van der Waals surface area contributed by atoms with Crippen LogP contribution >= 0.6 is 0 Å². The second-order valence-corrected chi connectivity index (χ2v) is 5.64. The van der Waals surface area contributed by atoms with Crippen molar-refractivity contribution in [2.24, 2.45) is 5.92 Å². The van der Waals surface area contributed by atoms with Crippen molar-refractivity contribution in [1.82, 2.24) is 10.9 Å². The number of anilines is 1. The standard InChI is InChI=1S/C16H23N3O2/c1-4-19(11(2)3)14-9-7-13(8-10-14)16(21)18-17-15(20)12-5-6-12/h7-12H,4-6H2,1-3H3,(H,17,20)(H,18,21). The minimum Gasteiger partial charge on any atom is -0.369 e. The SMILES string of the molecule is CCN(c1ccc(C(=O)NNC(=O)C2CC2)cc1)C(C)C. The Balaban J connectivity index is 1.94. The molecule has 114 valence electrons. The maximum atomic E-state index is 11.9. The van der Waals surface area contributed by atoms with E-state index in [1.54, 1.807) is 12.1 Å². The van der Waals surface area contributed by atoms with Gasteiger partial charge >= 0.3 is 0 Å². The van der Waals surface area contributed by atoms with Crippen LogP contribution in [0, 0.1) is 5.92 Å². The number of rotatable bonds is 5. The Bertz CT molecular complexity index is 507. The number of nitrogens with zero attached hydrogens (tertiary/aromatic N) is 1. The van der Waals surface area contributed by atoms with E-state index in [4.69, 9.17) is 0 Å². The number of nitrogens with one attached hydrogen (secondary N) is 2. The van der Waals surface area contributed by atoms with Crippen LogP contribution in [0.25, 0.3) is 0 Å². The number of hydrogen-bond acceptors (Lipinski definition) is 3. The van der Waals surface area contributed by atoms with E-state index >= 15 is 0 Å². The van der Waals surface area contributed by atoms with Gasteiger partial charge in [0.15, 0.2) is 0 Å². The number of hydrogen-bond donors (Lipinski definition) is 2. The summed E-state index contributed by atoms with van der Waals surface area (Å²) in [5.41, 5.74) is 6.54. The highest BCUT2D eigenvalue weighted by Crippen LogP contribution is 2.28. The smallest absolute Gasteiger partial charge is 0.269 e. The molecule has 1 aliphatic rings. The van der Waals surface area contributed by atoms with Gasteiger partial charge in [0.1, 0.15) is 0 Å². The zero-order valence-corrected chi connectivity index (χ0v) is 12.8. The summed E-state index contributed by atoms with van der Waals surface area (Å²) in [5, 5.41) is 0. The summed E-state index contributed by atoms with van der Waals surface area (Å²) < 4.78 is 0. The van der Waals surface area contributed by atoms with Gasteiger partial charge in [0, 0.05) is 29.8 Å². The van der Waals surface area contributed by atoms with E-state index in [-0.39, 0.29) is 17.7 Å². The molecule has 1 aromatic carbocycles. The third-order valence-electron chi connectivity index (χ3n) is 3.67. The fourth-order valence-corrected chi connectivity index (χ4v) is 2.29. The lowest BCUT2D eigenvalue weighted by molar-refractivity contribution is -0.123. The molecule has 2 rings (SSSR count). The Kier molecular flexibility index (Phi) is 4.83. The maximum Gasteiger partial charge on any atom is 0.269 e. The van der Waals surface area contributed by atoms with Crippen molar-refractivity contribution < 1.29 is 9.59 Å². The summed E-state index contributed by atoms with van der Waals surface area (Å²) in [5.74, 6) is -0.308. The molecule has 0 atom stereocenters. The average Bonchev–Trinajstić information content (AvgIpc) is 3.30. The van der Waals surface area contributed by atoms with Crippen LogP contribution < -0.4 is 15.8 Å². The van der Waals surface area contributed by atoms with E-state index in [0.717, 1.165) is 25.1 Å². The van der Waals surface area contributed by atoms with Gasteiger partial charge in [-0.25, -0.2) is 0 Å². The van der Waals surface area contributed by atoms with Crippen LogP contribution in [0.1, 0.15) is 44.0 Å². The molecule has 2 amide bonds. The lowest BCUT2D eigenvalue weighted by Gasteiger charge is -2.27. The molecule has 1 aromatic rings. The summed E-state index contributed by atoms with van der Waals surface area (Å²) >= 11 is 0. The summed E-state index contributed by atoms with van der Waals surface area (Å²) in [7, 11) is 0. The lowest BCUT2D eigenvalue weighted by Crippen LogP contribution is -2.42. The molecule has 0 aromatic heterocycles. The van der Waals surface area contributed by atoms with Gasteiger partial charge in [-0.3, -0.25) is 20.4 Å². The minimum absolute atomic E-state index is 0.0804. The van der Waals surface area contributed by atoms with Gasteiger partial charge in [0.2, 0.25) is 5.91 Å². The Hall–Kier alpha value is -2.04. The number of hydrazine groups is 1. The molecule has 2 N–H and O–H groups in total. The topological polar surface area (TPSA) is 61.4 Å². The normalized spacial score (nSPS) is 13.9. The molecule has 0 bridgehead atoms. The number of amides is 2. The van der Waals surface area contributed by atoms with E-state index in [9.17, 15) is 9.59 Å². The number of carbonyl (C=O) groups excluding carboxylic acids is 2. The Morgan fingerprint density at radius 2 is 1.81 bits per heavy atom. The molecule has 0 saturated heterocycles. The van der Waals surface area contributed by atoms with Crippen LogP contribution in [0.5, 0.6) is 0 Å². The van der Waals surface area contributed by atoms with E-state index in [0.29, 0.717) is 11.6 Å². The monoisotopic (exact) mass is 289 g/mol. The first-order valence-corrected chi connectivity index (χ1v) is 7.49. The second-order valence-electron chi connectivity index (χ2n) is 5.64. The van der Waals surface area contributed by atoms with Gasteiger partial charge in [-0.1, -0.05) is 0 Å². The summed E-state index contributed by atoms with van der Waals surface area (Å²) in [6.07, 6.45) is 1.83. The molecule has 0 radical (unpaired) electrons. The zero-order valence-electron chi connectivity index (χ0n) is 12.8. The molecule has 0 unspecified atom stereocenters. The van der Waals surface area contributed by atoms with Gasteiger partial charge in [-0.2, -0.15) is 0 Å². The van der Waals surface area contributed by atoms with E-state index in [1.807, 2.05) is 12.1 Å². The van der Waals surface area contributed by atoms with Crippen LogP contribution in [0.2, 0.25) is 0 Å². The first kappa shape index (κ1) is 15.4. The molecule has 1 fully saturated rings. The molecular formula is C16H23N3O2. The Morgan fingerprint density at radius 1 is 1.19 bits per heavy atom. The van der Waals surface area contributed by atoms with Crippen LogP contribution in [-0.2, 0) is 4.79 Å². The van der Waals surface area contributed by atoms with Crippen LogP contribution in [-0.4, -0.2) is 24.4 Å². The molecule has 1 saturated carbocycles. The van der Waals surface area contributed by atoms with Crippen molar-refractivity contribution in [3.63, 3.8) is 0 Å². The van der Waals surface area contributed by atoms with Gasteiger partial charge < -0.3 is 4.90 Å². The van der Waals surface area contributed by atoms with Crippen LogP contribution in [0.3, 0.4) is 0 Å². The van der Waals surface area contributed by atoms with Crippen molar-refractivity contribution in [3.8, 4) is 0 Å². The minimum atomic E-state index is -0.289. The van der Waals surface area contributed by atoms with Gasteiger partial charge in [0.25, 0.3) is 5.91 Å². The van der Waals surface area contributed by atoms with Crippen molar-refractivity contribution in [2.45, 2.75) is 39.7 Å². The molecule has 5 heteroatoms. The predicted molar refractivity (Wildman–Crippen MR) is 82.9 cm³/mol. The van der Waals surface area contributed by atoms with Crippen molar-refractivity contribution in [2.75, 3.05) is 11.4 Å². The first-order valence-electron chi connectivity index (χ1n) is 7.49. The van der Waals surface area contributed by atoms with Gasteiger partial charge in [-0.15, -0.1) is 0 Å². The molecule has 21 heavy (non-hydrogen) atoms. The first-order chi connectivity index (χ1) is 10.0. The highest BCUT2D eigenvalue weighted by molar-refractivity contribution is 5.96. The highest BCUT2D eigenvalue weighted by atomic mass is 16.2. The summed E-state index contributed by atoms with van der Waals surface area (Å²) in [6.45, 7) is 7.30. The molecular weight excluding hydrogens is 266 g/mol. The van der Waals surface area contributed by atoms with Crippen molar-refractivity contribution in [1.29, 1.82) is 0 Å². The third-order valence-corrected chi connectivity index (χ3v) is 3.67. The van der Waals surface area contributed by atoms with E-state index in [2.05, 4.69) is 36.5 Å². The summed E-state index contributed by atoms with van der Waals surface area (Å²) in [4.78, 5) is 25.6. The van der Waals surface area contributed by atoms with Crippen molar-refractivity contribution in [3.05, 3.63) is 29.8 Å². The number of benzene rings is 1. The lowest BCUT2D eigenvalue weighted by atomic mass is 10.1. The average molecular weight is 289 g/mol. The Labute approximate surface area is 125 Å². The molecule has 5 nitrogen and oxygen atoms in total. The van der Waals surface area contributed by atoms with E-state index in [1.165, 1.54) is 0 Å². The molecule has 0 aliphatic heterocycles. The van der Waals surface area contributed by atoms with Crippen LogP contribution in [0.15, 0.2) is 24.3 Å². The number of carbonyl (C=O) groups is 2. The molecule has 0 heterocycles. The largest absolute Gasteiger partial charge is 0.369 e. The van der Waals surface area contributed by atoms with Crippen molar-refractivity contribution >= 4 is 17.5 Å². The highest BCUT2D eigenvalue weighted by Gasteiger charge is 2.29. The second kappa shape index (κ2) is 6.61. The fraction of sp³-hybridized carbons (Fsp3) is 0.500. The molecule has 1 aliphatic carbocycles. The predicted octanol–water partition coefficient (Wildman–Crippen LogP) is 2.09. The molecule has 0 spiro atoms. The van der Waals surface area contributed by atoms with Gasteiger partial charge in [0.05, 0.1) is 0 Å². The Morgan fingerprint density at radius 3 is 2.29 bits per heavy atom. The third kappa shape index (κ3) is 3.97. The zero-order chi connectivity index (χ0) is 15.4. The van der Waals surface area contributed by atoms with E-state index < -0.39 is 0 Å². The van der Waals surface area contributed by atoms with Gasteiger partial charge in [-0.05, 0) is 57.9 Å².